The summed E-state index contributed by atoms with van der Waals surface area (Å²) >= 11 is 0. The van der Waals surface area contributed by atoms with Crippen molar-refractivity contribution in [3.05, 3.63) is 76.9 Å². The molecule has 0 aromatic heterocycles. The molecule has 2 aromatic rings. The first kappa shape index (κ1) is 13.8. The van der Waals surface area contributed by atoms with Gasteiger partial charge in [0.2, 0.25) is 0 Å². The van der Waals surface area contributed by atoms with E-state index in [-0.39, 0.29) is 0 Å². The minimum Gasteiger partial charge on any atom is -0.0802 e. The lowest BCUT2D eigenvalue weighted by molar-refractivity contribution is 0.935. The van der Waals surface area contributed by atoms with Crippen LogP contribution in [0.4, 0.5) is 0 Å². The molecule has 1 radical (unpaired) electrons. The highest BCUT2D eigenvalue weighted by molar-refractivity contribution is 6.70. The van der Waals surface area contributed by atoms with Crippen LogP contribution in [0.1, 0.15) is 30.4 Å². The maximum Gasteiger partial charge on any atom is 0.0791 e. The molecule has 0 spiro atoms. The Labute approximate surface area is 134 Å². The highest BCUT2D eigenvalue weighted by Crippen LogP contribution is 2.50. The lowest BCUT2D eigenvalue weighted by atomic mass is 9.87. The summed E-state index contributed by atoms with van der Waals surface area (Å²) in [6.45, 7) is 7.02. The van der Waals surface area contributed by atoms with Gasteiger partial charge in [-0.25, -0.2) is 0 Å². The molecule has 0 fully saturated rings. The quantitative estimate of drug-likeness (QED) is 0.682. The van der Waals surface area contributed by atoms with Crippen LogP contribution in [0.5, 0.6) is 0 Å². The van der Waals surface area contributed by atoms with E-state index >= 15 is 0 Å². The number of fused-ring (bicyclic) bond motifs is 3. The molecular weight excluding hydrogens is 280 g/mol. The van der Waals surface area contributed by atoms with Gasteiger partial charge in [0.25, 0.3) is 0 Å². The first-order valence-electron chi connectivity index (χ1n) is 8.07. The molecule has 4 rings (SSSR count). The highest BCUT2D eigenvalue weighted by Gasteiger charge is 2.32. The van der Waals surface area contributed by atoms with Crippen molar-refractivity contribution in [3.63, 3.8) is 0 Å². The van der Waals surface area contributed by atoms with Crippen molar-refractivity contribution in [2.75, 3.05) is 0 Å². The molecule has 0 heterocycles. The van der Waals surface area contributed by atoms with Crippen LogP contribution >= 0.6 is 0 Å². The fourth-order valence-electron chi connectivity index (χ4n) is 3.87. The van der Waals surface area contributed by atoms with Gasteiger partial charge in [-0.3, -0.25) is 0 Å². The van der Waals surface area contributed by atoms with Gasteiger partial charge in [-0.1, -0.05) is 84.0 Å². The van der Waals surface area contributed by atoms with Gasteiger partial charge < -0.3 is 0 Å². The van der Waals surface area contributed by atoms with E-state index in [1.165, 1.54) is 27.8 Å². The molecule has 0 nitrogen and oxygen atoms in total. The second kappa shape index (κ2) is 5.10. The Kier molecular flexibility index (Phi) is 3.19. The predicted octanol–water partition coefficient (Wildman–Crippen LogP) is 5.04. The van der Waals surface area contributed by atoms with Crippen molar-refractivity contribution in [1.82, 2.24) is 0 Å². The third-order valence-electron chi connectivity index (χ3n) is 5.06. The van der Waals surface area contributed by atoms with Crippen molar-refractivity contribution < 1.29 is 0 Å². The number of benzene rings is 2. The summed E-state index contributed by atoms with van der Waals surface area (Å²) < 4.78 is 0. The first-order valence-corrected chi connectivity index (χ1v) is 10.6. The minimum atomic E-state index is -0.411. The second-order valence-corrected chi connectivity index (χ2v) is 9.21. The molecule has 1 heteroatoms. The van der Waals surface area contributed by atoms with E-state index in [0.29, 0.717) is 5.92 Å². The average molecular weight is 301 g/mol. The van der Waals surface area contributed by atoms with Crippen LogP contribution in [0.25, 0.3) is 11.1 Å². The van der Waals surface area contributed by atoms with Crippen molar-refractivity contribution in [2.45, 2.75) is 32.4 Å². The number of hydrogen-bond donors (Lipinski definition) is 0. The van der Waals surface area contributed by atoms with Gasteiger partial charge in [0.1, 0.15) is 0 Å². The third kappa shape index (κ3) is 1.96. The molecule has 1 atom stereocenters. The van der Waals surface area contributed by atoms with E-state index in [4.69, 9.17) is 0 Å². The molecule has 0 amide bonds. The fourth-order valence-corrected chi connectivity index (χ4v) is 4.73. The van der Waals surface area contributed by atoms with Gasteiger partial charge in [-0.05, 0) is 35.6 Å². The van der Waals surface area contributed by atoms with Crippen LogP contribution in [0.15, 0.2) is 65.8 Å². The summed E-state index contributed by atoms with van der Waals surface area (Å²) in [4.78, 5) is 0. The molecule has 1 unspecified atom stereocenters. The maximum atomic E-state index is 2.49. The molecule has 0 aliphatic heterocycles. The molecular formula is C21H21Si. The lowest BCUT2D eigenvalue weighted by Crippen LogP contribution is -2.23. The zero-order valence-electron chi connectivity index (χ0n) is 13.5. The SMILES string of the molecule is CC1=C(C2c3ccccc3-c3ccc([Si](C)C)cc32)CC=C1. The number of hydrogen-bond acceptors (Lipinski definition) is 0. The summed E-state index contributed by atoms with van der Waals surface area (Å²) in [7, 11) is -0.411. The van der Waals surface area contributed by atoms with E-state index in [9.17, 15) is 0 Å². The Hall–Kier alpha value is -1.86. The van der Waals surface area contributed by atoms with Crippen LogP contribution in [-0.4, -0.2) is 8.80 Å². The zero-order valence-corrected chi connectivity index (χ0v) is 14.5. The molecule has 0 N–H and O–H groups in total. The van der Waals surface area contributed by atoms with Crippen LogP contribution in [0, 0.1) is 0 Å². The Morgan fingerprint density at radius 1 is 0.955 bits per heavy atom. The summed E-state index contributed by atoms with van der Waals surface area (Å²) in [5.41, 5.74) is 8.94. The average Bonchev–Trinajstić information content (AvgIpc) is 3.07. The Balaban J connectivity index is 1.96. The normalized spacial score (nSPS) is 19.0. The maximum absolute atomic E-state index is 2.49. The minimum absolute atomic E-state index is 0.411. The molecule has 2 aromatic carbocycles. The van der Waals surface area contributed by atoms with Crippen molar-refractivity contribution in [3.8, 4) is 11.1 Å². The van der Waals surface area contributed by atoms with E-state index in [2.05, 4.69) is 74.6 Å². The molecule has 22 heavy (non-hydrogen) atoms. The fraction of sp³-hybridized carbons (Fsp3) is 0.238. The van der Waals surface area contributed by atoms with E-state index < -0.39 is 8.80 Å². The zero-order chi connectivity index (χ0) is 15.3. The standard InChI is InChI=1S/C21H21Si/c1-14-7-6-10-16(14)21-19-9-5-4-8-17(19)18-12-11-15(22(2)3)13-20(18)21/h4-9,11-13,21H,10H2,1-3H3. The van der Waals surface area contributed by atoms with Gasteiger partial charge in [0, 0.05) is 5.92 Å². The summed E-state index contributed by atoms with van der Waals surface area (Å²) in [6, 6.07) is 16.2. The van der Waals surface area contributed by atoms with E-state index in [1.54, 1.807) is 10.8 Å². The van der Waals surface area contributed by atoms with Crippen LogP contribution in [-0.2, 0) is 0 Å². The first-order chi connectivity index (χ1) is 10.7. The van der Waals surface area contributed by atoms with Crippen LogP contribution < -0.4 is 5.19 Å². The van der Waals surface area contributed by atoms with Gasteiger partial charge in [-0.15, -0.1) is 0 Å². The van der Waals surface area contributed by atoms with Gasteiger partial charge >= 0.3 is 0 Å². The predicted molar refractivity (Wildman–Crippen MR) is 97.3 cm³/mol. The Morgan fingerprint density at radius 2 is 1.73 bits per heavy atom. The Morgan fingerprint density at radius 3 is 2.45 bits per heavy atom. The summed E-state index contributed by atoms with van der Waals surface area (Å²) in [6.07, 6.45) is 5.70. The van der Waals surface area contributed by atoms with Gasteiger partial charge in [0.05, 0.1) is 8.80 Å². The summed E-state index contributed by atoms with van der Waals surface area (Å²) in [5.74, 6) is 0.461. The summed E-state index contributed by atoms with van der Waals surface area (Å²) in [5, 5.41) is 1.55. The van der Waals surface area contributed by atoms with Crippen molar-refractivity contribution in [1.29, 1.82) is 0 Å². The molecule has 0 saturated heterocycles. The van der Waals surface area contributed by atoms with Crippen LogP contribution in [0.3, 0.4) is 0 Å². The smallest absolute Gasteiger partial charge is 0.0791 e. The van der Waals surface area contributed by atoms with E-state index in [1.807, 2.05) is 0 Å². The largest absolute Gasteiger partial charge is 0.0802 e. The molecule has 0 saturated carbocycles. The van der Waals surface area contributed by atoms with Crippen molar-refractivity contribution >= 4 is 14.0 Å². The number of allylic oxidation sites excluding steroid dienone is 4. The van der Waals surface area contributed by atoms with Crippen molar-refractivity contribution in [2.24, 2.45) is 0 Å². The molecule has 2 aliphatic rings. The Bertz CT molecular complexity index is 808. The van der Waals surface area contributed by atoms with E-state index in [0.717, 1.165) is 6.42 Å². The lowest BCUT2D eigenvalue weighted by Gasteiger charge is -2.18. The van der Waals surface area contributed by atoms with Gasteiger partial charge in [0.15, 0.2) is 0 Å². The second-order valence-electron chi connectivity index (χ2n) is 6.64. The molecule has 0 bridgehead atoms. The molecule has 109 valence electrons. The monoisotopic (exact) mass is 301 g/mol. The highest BCUT2D eigenvalue weighted by atomic mass is 28.3. The number of rotatable bonds is 2. The van der Waals surface area contributed by atoms with Gasteiger partial charge in [-0.2, -0.15) is 0 Å². The molecule has 2 aliphatic carbocycles. The topological polar surface area (TPSA) is 0 Å². The third-order valence-corrected chi connectivity index (χ3v) is 6.53. The van der Waals surface area contributed by atoms with Crippen LogP contribution in [0.2, 0.25) is 13.1 Å².